The first-order chi connectivity index (χ1) is 7.75. The van der Waals surface area contributed by atoms with E-state index >= 15 is 0 Å². The summed E-state index contributed by atoms with van der Waals surface area (Å²) in [7, 11) is 0. The molecule has 0 aliphatic rings. The van der Waals surface area contributed by atoms with Crippen molar-refractivity contribution in [1.82, 2.24) is 25.9 Å². The van der Waals surface area contributed by atoms with E-state index in [0.717, 1.165) is 5.56 Å². The molecule has 1 aromatic heterocycles. The van der Waals surface area contributed by atoms with Crippen molar-refractivity contribution >= 4 is 0 Å². The number of H-pyrrole nitrogens is 1. The number of aromatic amines is 1. The minimum absolute atomic E-state index is 0.00352. The molecule has 0 radical (unpaired) electrons. The molecule has 0 amide bonds. The Balaban J connectivity index is 1.90. The van der Waals surface area contributed by atoms with Crippen molar-refractivity contribution in [1.29, 1.82) is 0 Å². The molecule has 2 aromatic rings. The van der Waals surface area contributed by atoms with Crippen LogP contribution in [0.3, 0.4) is 0 Å². The van der Waals surface area contributed by atoms with E-state index in [2.05, 4.69) is 25.9 Å². The van der Waals surface area contributed by atoms with Gasteiger partial charge in [-0.2, -0.15) is 5.21 Å². The number of halogens is 1. The molecule has 0 saturated heterocycles. The summed E-state index contributed by atoms with van der Waals surface area (Å²) in [5.74, 6) is 0.386. The Morgan fingerprint density at radius 1 is 1.38 bits per heavy atom. The number of aromatic nitrogens is 4. The molecule has 2 N–H and O–H groups in total. The van der Waals surface area contributed by atoms with Gasteiger partial charge >= 0.3 is 0 Å². The van der Waals surface area contributed by atoms with Gasteiger partial charge in [0, 0.05) is 6.54 Å². The lowest BCUT2D eigenvalue weighted by Crippen LogP contribution is -2.19. The second-order valence-electron chi connectivity index (χ2n) is 3.50. The highest BCUT2D eigenvalue weighted by Gasteiger charge is 2.08. The molecule has 0 saturated carbocycles. The van der Waals surface area contributed by atoms with E-state index in [1.54, 1.807) is 12.1 Å². The average Bonchev–Trinajstić information content (AvgIpc) is 2.81. The Bertz CT molecular complexity index is 425. The molecule has 0 spiro atoms. The van der Waals surface area contributed by atoms with Gasteiger partial charge in [0.2, 0.25) is 0 Å². The van der Waals surface area contributed by atoms with Crippen LogP contribution in [0, 0.1) is 5.82 Å². The first-order valence-electron chi connectivity index (χ1n) is 4.97. The van der Waals surface area contributed by atoms with Gasteiger partial charge < -0.3 is 5.32 Å². The lowest BCUT2D eigenvalue weighted by Gasteiger charge is -2.09. The van der Waals surface area contributed by atoms with Crippen molar-refractivity contribution in [2.75, 3.05) is 0 Å². The van der Waals surface area contributed by atoms with Crippen molar-refractivity contribution in [3.8, 4) is 0 Å². The van der Waals surface area contributed by atoms with Crippen molar-refractivity contribution in [3.63, 3.8) is 0 Å². The number of nitrogens with one attached hydrogen (secondary N) is 2. The number of tetrazole rings is 1. The van der Waals surface area contributed by atoms with Gasteiger partial charge in [0.15, 0.2) is 5.82 Å². The Labute approximate surface area is 92.1 Å². The Morgan fingerprint density at radius 2 is 2.12 bits per heavy atom. The summed E-state index contributed by atoms with van der Waals surface area (Å²) in [4.78, 5) is 0. The third kappa shape index (κ3) is 2.60. The highest BCUT2D eigenvalue weighted by Crippen LogP contribution is 2.07. The summed E-state index contributed by atoms with van der Waals surface area (Å²) in [6.45, 7) is 2.57. The van der Waals surface area contributed by atoms with Crippen LogP contribution in [0.4, 0.5) is 4.39 Å². The standard InChI is InChI=1S/C10H12FN5/c1-7(10-13-15-16-14-10)12-6-8-2-4-9(11)5-3-8/h2-5,7,12H,6H2,1H3,(H,13,14,15,16). The fourth-order valence-electron chi connectivity index (χ4n) is 1.32. The molecule has 6 heteroatoms. The van der Waals surface area contributed by atoms with Gasteiger partial charge in [0.25, 0.3) is 0 Å². The molecule has 0 fully saturated rings. The monoisotopic (exact) mass is 221 g/mol. The van der Waals surface area contributed by atoms with Crippen LogP contribution in [0.2, 0.25) is 0 Å². The molecule has 0 aliphatic carbocycles. The molecule has 0 aliphatic heterocycles. The largest absolute Gasteiger partial charge is 0.303 e. The summed E-state index contributed by atoms with van der Waals surface area (Å²) >= 11 is 0. The van der Waals surface area contributed by atoms with Crippen LogP contribution in [0.5, 0.6) is 0 Å². The number of benzene rings is 1. The van der Waals surface area contributed by atoms with Crippen LogP contribution in [0.25, 0.3) is 0 Å². The maximum absolute atomic E-state index is 12.7. The number of hydrogen-bond donors (Lipinski definition) is 2. The number of rotatable bonds is 4. The SMILES string of the molecule is CC(NCc1ccc(F)cc1)c1nn[nH]n1. The quantitative estimate of drug-likeness (QED) is 0.813. The van der Waals surface area contributed by atoms with Crippen LogP contribution in [0.15, 0.2) is 24.3 Å². The number of hydrogen-bond acceptors (Lipinski definition) is 4. The lowest BCUT2D eigenvalue weighted by atomic mass is 10.2. The van der Waals surface area contributed by atoms with Gasteiger partial charge in [0.05, 0.1) is 6.04 Å². The molecular formula is C10H12FN5. The van der Waals surface area contributed by atoms with Crippen molar-refractivity contribution in [2.45, 2.75) is 19.5 Å². The zero-order valence-corrected chi connectivity index (χ0v) is 8.81. The van der Waals surface area contributed by atoms with Crippen LogP contribution in [-0.4, -0.2) is 20.6 Å². The Morgan fingerprint density at radius 3 is 2.75 bits per heavy atom. The topological polar surface area (TPSA) is 66.5 Å². The Kier molecular flexibility index (Phi) is 3.21. The summed E-state index contributed by atoms with van der Waals surface area (Å²) < 4.78 is 12.7. The van der Waals surface area contributed by atoms with E-state index in [4.69, 9.17) is 0 Å². The first-order valence-corrected chi connectivity index (χ1v) is 4.97. The van der Waals surface area contributed by atoms with Crippen LogP contribution in [-0.2, 0) is 6.54 Å². The average molecular weight is 221 g/mol. The maximum Gasteiger partial charge on any atom is 0.191 e. The van der Waals surface area contributed by atoms with Crippen molar-refractivity contribution in [3.05, 3.63) is 41.5 Å². The van der Waals surface area contributed by atoms with E-state index in [1.807, 2.05) is 6.92 Å². The van der Waals surface area contributed by atoms with E-state index in [0.29, 0.717) is 12.4 Å². The van der Waals surface area contributed by atoms with Gasteiger partial charge in [-0.25, -0.2) is 4.39 Å². The second-order valence-corrected chi connectivity index (χ2v) is 3.50. The van der Waals surface area contributed by atoms with Gasteiger partial charge in [-0.15, -0.1) is 10.2 Å². The molecule has 0 bridgehead atoms. The second kappa shape index (κ2) is 4.80. The molecule has 5 nitrogen and oxygen atoms in total. The fraction of sp³-hybridized carbons (Fsp3) is 0.300. The zero-order chi connectivity index (χ0) is 11.4. The smallest absolute Gasteiger partial charge is 0.191 e. The molecule has 16 heavy (non-hydrogen) atoms. The van der Waals surface area contributed by atoms with Crippen molar-refractivity contribution in [2.24, 2.45) is 0 Å². The Hall–Kier alpha value is -1.82. The minimum atomic E-state index is -0.227. The summed E-state index contributed by atoms with van der Waals surface area (Å²) in [6.07, 6.45) is 0. The maximum atomic E-state index is 12.7. The molecule has 84 valence electrons. The summed E-state index contributed by atoms with van der Waals surface area (Å²) in [6, 6.07) is 6.37. The normalized spacial score (nSPS) is 12.6. The first kappa shape index (κ1) is 10.7. The molecule has 1 unspecified atom stereocenters. The molecule has 2 rings (SSSR count). The summed E-state index contributed by atoms with van der Waals surface area (Å²) in [5, 5.41) is 16.8. The van der Waals surface area contributed by atoms with Crippen LogP contribution < -0.4 is 5.32 Å². The molecular weight excluding hydrogens is 209 g/mol. The van der Waals surface area contributed by atoms with Gasteiger partial charge in [-0.1, -0.05) is 17.3 Å². The lowest BCUT2D eigenvalue weighted by molar-refractivity contribution is 0.546. The van der Waals surface area contributed by atoms with E-state index in [-0.39, 0.29) is 11.9 Å². The zero-order valence-electron chi connectivity index (χ0n) is 8.81. The van der Waals surface area contributed by atoms with Crippen molar-refractivity contribution < 1.29 is 4.39 Å². The number of nitrogens with zero attached hydrogens (tertiary/aromatic N) is 3. The third-order valence-corrected chi connectivity index (χ3v) is 2.27. The molecule has 1 aromatic carbocycles. The predicted octanol–water partition coefficient (Wildman–Crippen LogP) is 1.19. The summed E-state index contributed by atoms with van der Waals surface area (Å²) in [5.41, 5.74) is 1.01. The van der Waals surface area contributed by atoms with Crippen LogP contribution >= 0.6 is 0 Å². The van der Waals surface area contributed by atoms with E-state index in [1.165, 1.54) is 12.1 Å². The highest BCUT2D eigenvalue weighted by molar-refractivity contribution is 5.15. The highest BCUT2D eigenvalue weighted by atomic mass is 19.1. The third-order valence-electron chi connectivity index (χ3n) is 2.27. The minimum Gasteiger partial charge on any atom is -0.303 e. The van der Waals surface area contributed by atoms with E-state index in [9.17, 15) is 4.39 Å². The van der Waals surface area contributed by atoms with Gasteiger partial charge in [-0.3, -0.25) is 0 Å². The fourth-order valence-corrected chi connectivity index (χ4v) is 1.32. The van der Waals surface area contributed by atoms with E-state index < -0.39 is 0 Å². The van der Waals surface area contributed by atoms with Gasteiger partial charge in [-0.05, 0) is 24.6 Å². The molecule has 1 atom stereocenters. The van der Waals surface area contributed by atoms with Gasteiger partial charge in [0.1, 0.15) is 5.82 Å². The predicted molar refractivity (Wildman–Crippen MR) is 55.8 cm³/mol. The molecule has 1 heterocycles. The van der Waals surface area contributed by atoms with Crippen LogP contribution in [0.1, 0.15) is 24.4 Å².